The summed E-state index contributed by atoms with van der Waals surface area (Å²) in [7, 11) is 1.59. The van der Waals surface area contributed by atoms with Gasteiger partial charge >= 0.3 is 0 Å². The number of hydrogen-bond acceptors (Lipinski definition) is 5. The molecule has 0 aliphatic carbocycles. The van der Waals surface area contributed by atoms with Gasteiger partial charge in [-0.2, -0.15) is 0 Å². The van der Waals surface area contributed by atoms with Crippen molar-refractivity contribution in [2.75, 3.05) is 12.0 Å². The molecule has 1 aliphatic rings. The van der Waals surface area contributed by atoms with Gasteiger partial charge in [0, 0.05) is 8.95 Å². The highest BCUT2D eigenvalue weighted by Crippen LogP contribution is 2.40. The van der Waals surface area contributed by atoms with Gasteiger partial charge in [0.2, 0.25) is 0 Å². The Morgan fingerprint density at radius 2 is 1.79 bits per heavy atom. The predicted octanol–water partition coefficient (Wildman–Crippen LogP) is 7.97. The van der Waals surface area contributed by atoms with Crippen molar-refractivity contribution in [2.45, 2.75) is 6.61 Å². The molecule has 1 saturated heterocycles. The normalized spacial score (nSPS) is 14.8. The van der Waals surface area contributed by atoms with Gasteiger partial charge in [0.25, 0.3) is 5.91 Å². The van der Waals surface area contributed by atoms with E-state index < -0.39 is 0 Å². The number of anilines is 1. The Balaban J connectivity index is 1.58. The van der Waals surface area contributed by atoms with Crippen molar-refractivity contribution in [3.63, 3.8) is 0 Å². The zero-order valence-corrected chi connectivity index (χ0v) is 23.6. The molecule has 1 aliphatic heterocycles. The minimum Gasteiger partial charge on any atom is -0.493 e. The summed E-state index contributed by atoms with van der Waals surface area (Å²) in [6.45, 7) is 0.396. The van der Waals surface area contributed by atoms with Gasteiger partial charge in [0.05, 0.1) is 22.2 Å². The highest BCUT2D eigenvalue weighted by molar-refractivity contribution is 9.11. The number of amides is 1. The number of carbonyl (C=O) groups is 1. The van der Waals surface area contributed by atoms with Crippen LogP contribution >= 0.6 is 71.8 Å². The molecule has 168 valence electrons. The first-order valence-corrected chi connectivity index (χ1v) is 13.2. The minimum absolute atomic E-state index is 0.159. The number of nitrogens with zero attached hydrogens (tertiary/aromatic N) is 1. The Labute approximate surface area is 226 Å². The van der Waals surface area contributed by atoms with Crippen LogP contribution in [0.25, 0.3) is 6.08 Å². The number of thiocarbonyl (C=S) groups is 1. The molecule has 0 atom stereocenters. The van der Waals surface area contributed by atoms with E-state index in [1.54, 1.807) is 12.0 Å². The van der Waals surface area contributed by atoms with Crippen molar-refractivity contribution < 1.29 is 14.3 Å². The van der Waals surface area contributed by atoms with E-state index in [-0.39, 0.29) is 5.91 Å². The molecule has 4 rings (SSSR count). The second-order valence-electron chi connectivity index (χ2n) is 6.95. The summed E-state index contributed by atoms with van der Waals surface area (Å²) in [5, 5.41) is 0. The van der Waals surface area contributed by atoms with E-state index in [1.807, 2.05) is 66.7 Å². The summed E-state index contributed by atoms with van der Waals surface area (Å²) in [6.07, 6.45) is 1.81. The van der Waals surface area contributed by atoms with E-state index >= 15 is 0 Å². The molecule has 0 N–H and O–H groups in total. The third kappa shape index (κ3) is 5.71. The fourth-order valence-corrected chi connectivity index (χ4v) is 5.68. The molecule has 1 heterocycles. The van der Waals surface area contributed by atoms with E-state index in [0.29, 0.717) is 27.3 Å². The van der Waals surface area contributed by atoms with Crippen LogP contribution in [0, 0.1) is 0 Å². The molecule has 0 radical (unpaired) electrons. The van der Waals surface area contributed by atoms with Crippen LogP contribution < -0.4 is 14.4 Å². The van der Waals surface area contributed by atoms with Crippen LogP contribution in [0.15, 0.2) is 79.0 Å². The number of halogens is 3. The van der Waals surface area contributed by atoms with Crippen molar-refractivity contribution in [3.05, 3.63) is 90.1 Å². The standard InChI is InChI=1S/C24H16Br3NO3S2/c1-30-20-10-15(9-19(27)22(20)31-13-14-5-7-16(25)8-6-14)11-21-23(29)28(24(32)33-21)18-4-2-3-17(26)12-18/h2-12H,13H2,1H3/b21-11+. The average Bonchev–Trinajstić information content (AvgIpc) is 3.06. The van der Waals surface area contributed by atoms with Gasteiger partial charge in [-0.05, 0) is 75.6 Å². The Bertz CT molecular complexity index is 1260. The van der Waals surface area contributed by atoms with Crippen LogP contribution in [0.2, 0.25) is 0 Å². The van der Waals surface area contributed by atoms with E-state index in [1.165, 1.54) is 11.8 Å². The zero-order chi connectivity index (χ0) is 23.5. The van der Waals surface area contributed by atoms with Crippen LogP contribution in [-0.4, -0.2) is 17.3 Å². The molecule has 9 heteroatoms. The largest absolute Gasteiger partial charge is 0.493 e. The lowest BCUT2D eigenvalue weighted by Gasteiger charge is -2.15. The van der Waals surface area contributed by atoms with Crippen molar-refractivity contribution in [1.82, 2.24) is 0 Å². The first kappa shape index (κ1) is 24.5. The summed E-state index contributed by atoms with van der Waals surface area (Å²) < 4.78 is 14.7. The lowest BCUT2D eigenvalue weighted by atomic mass is 10.1. The van der Waals surface area contributed by atoms with Gasteiger partial charge in [0.15, 0.2) is 15.8 Å². The van der Waals surface area contributed by atoms with Crippen LogP contribution in [0.1, 0.15) is 11.1 Å². The van der Waals surface area contributed by atoms with Gasteiger partial charge in [-0.25, -0.2) is 0 Å². The highest BCUT2D eigenvalue weighted by Gasteiger charge is 2.33. The number of benzene rings is 3. The lowest BCUT2D eigenvalue weighted by molar-refractivity contribution is -0.113. The molecule has 3 aromatic rings. The summed E-state index contributed by atoms with van der Waals surface area (Å²) in [5.41, 5.74) is 2.56. The Hall–Kier alpha value is -1.65. The Morgan fingerprint density at radius 3 is 2.48 bits per heavy atom. The zero-order valence-electron chi connectivity index (χ0n) is 17.2. The maximum absolute atomic E-state index is 13.1. The fraction of sp³-hybridized carbons (Fsp3) is 0.0833. The first-order chi connectivity index (χ1) is 15.9. The second kappa shape index (κ2) is 10.7. The predicted molar refractivity (Wildman–Crippen MR) is 149 cm³/mol. The van der Waals surface area contributed by atoms with Crippen molar-refractivity contribution in [1.29, 1.82) is 0 Å². The molecule has 0 spiro atoms. The molecule has 0 saturated carbocycles. The van der Waals surface area contributed by atoms with Crippen molar-refractivity contribution >= 4 is 93.8 Å². The maximum Gasteiger partial charge on any atom is 0.270 e. The molecule has 1 fully saturated rings. The molecular weight excluding hydrogens is 654 g/mol. The lowest BCUT2D eigenvalue weighted by Crippen LogP contribution is -2.27. The van der Waals surface area contributed by atoms with Crippen LogP contribution in [0.5, 0.6) is 11.5 Å². The third-order valence-electron chi connectivity index (χ3n) is 4.71. The molecule has 1 amide bonds. The van der Waals surface area contributed by atoms with Crippen LogP contribution in [-0.2, 0) is 11.4 Å². The van der Waals surface area contributed by atoms with Crippen LogP contribution in [0.4, 0.5) is 5.69 Å². The molecule has 0 unspecified atom stereocenters. The third-order valence-corrected chi connectivity index (χ3v) is 7.62. The average molecular weight is 670 g/mol. The molecule has 0 bridgehead atoms. The summed E-state index contributed by atoms with van der Waals surface area (Å²) in [6, 6.07) is 19.2. The van der Waals surface area contributed by atoms with E-state index in [9.17, 15) is 4.79 Å². The Kier molecular flexibility index (Phi) is 7.96. The first-order valence-electron chi connectivity index (χ1n) is 9.64. The van der Waals surface area contributed by atoms with E-state index in [2.05, 4.69) is 47.8 Å². The topological polar surface area (TPSA) is 38.8 Å². The smallest absolute Gasteiger partial charge is 0.270 e. The van der Waals surface area contributed by atoms with Crippen LogP contribution in [0.3, 0.4) is 0 Å². The summed E-state index contributed by atoms with van der Waals surface area (Å²) in [4.78, 5) is 15.2. The van der Waals surface area contributed by atoms with Crippen molar-refractivity contribution in [3.8, 4) is 11.5 Å². The number of hydrogen-bond donors (Lipinski definition) is 0. The number of methoxy groups -OCH3 is 1. The summed E-state index contributed by atoms with van der Waals surface area (Å²) in [5.74, 6) is 1.00. The fourth-order valence-electron chi connectivity index (χ4n) is 3.16. The van der Waals surface area contributed by atoms with Gasteiger partial charge in [-0.3, -0.25) is 9.69 Å². The second-order valence-corrected chi connectivity index (χ2v) is 11.3. The molecular formula is C24H16Br3NO3S2. The number of carbonyl (C=O) groups excluding carboxylic acids is 1. The maximum atomic E-state index is 13.1. The Morgan fingerprint density at radius 1 is 1.03 bits per heavy atom. The molecule has 0 aromatic heterocycles. The number of ether oxygens (including phenoxy) is 2. The highest BCUT2D eigenvalue weighted by atomic mass is 79.9. The molecule has 33 heavy (non-hydrogen) atoms. The minimum atomic E-state index is -0.159. The van der Waals surface area contributed by atoms with Gasteiger partial charge in [0.1, 0.15) is 6.61 Å². The SMILES string of the molecule is COc1cc(/C=C2/SC(=S)N(c3cccc(Br)c3)C2=O)cc(Br)c1OCc1ccc(Br)cc1. The van der Waals surface area contributed by atoms with Crippen molar-refractivity contribution in [2.24, 2.45) is 0 Å². The monoisotopic (exact) mass is 667 g/mol. The summed E-state index contributed by atoms with van der Waals surface area (Å²) >= 11 is 17.2. The molecule has 3 aromatic carbocycles. The van der Waals surface area contributed by atoms with Gasteiger partial charge in [-0.15, -0.1) is 0 Å². The van der Waals surface area contributed by atoms with E-state index in [0.717, 1.165) is 30.2 Å². The quantitative estimate of drug-likeness (QED) is 0.197. The van der Waals surface area contributed by atoms with E-state index in [4.69, 9.17) is 21.7 Å². The van der Waals surface area contributed by atoms with Gasteiger partial charge < -0.3 is 9.47 Å². The number of thioether (sulfide) groups is 1. The molecule has 4 nitrogen and oxygen atoms in total. The van der Waals surface area contributed by atoms with Gasteiger partial charge in [-0.1, -0.05) is 74.0 Å². The number of rotatable bonds is 6.